The number of hydrogen-bond acceptors (Lipinski definition) is 2. The standard InChI is InChI=1S/C15H6ClF3O2S/c16-6-1-2-7-10(5-6)22-14(15(20)21)11(7)8-3-4-9(17)13(19)12(8)18/h1-5H,(H,20,21). The maximum absolute atomic E-state index is 14.0. The Bertz CT molecular complexity index is 921. The Balaban J connectivity index is 2.41. The van der Waals surface area contributed by atoms with Crippen LogP contribution >= 0.6 is 22.9 Å². The van der Waals surface area contributed by atoms with E-state index in [4.69, 9.17) is 11.6 Å². The van der Waals surface area contributed by atoms with E-state index in [2.05, 4.69) is 0 Å². The van der Waals surface area contributed by atoms with E-state index in [-0.39, 0.29) is 16.0 Å². The van der Waals surface area contributed by atoms with Gasteiger partial charge in [-0.1, -0.05) is 17.7 Å². The lowest BCUT2D eigenvalue weighted by Gasteiger charge is -2.06. The summed E-state index contributed by atoms with van der Waals surface area (Å²) in [5.74, 6) is -5.67. The Morgan fingerprint density at radius 3 is 2.50 bits per heavy atom. The molecule has 1 aromatic heterocycles. The van der Waals surface area contributed by atoms with E-state index in [9.17, 15) is 23.1 Å². The summed E-state index contributed by atoms with van der Waals surface area (Å²) in [5.41, 5.74) is -0.287. The summed E-state index contributed by atoms with van der Waals surface area (Å²) in [6.07, 6.45) is 0. The van der Waals surface area contributed by atoms with Crippen molar-refractivity contribution in [3.05, 3.63) is 57.7 Å². The van der Waals surface area contributed by atoms with Crippen LogP contribution in [0.2, 0.25) is 5.02 Å². The van der Waals surface area contributed by atoms with Gasteiger partial charge < -0.3 is 5.11 Å². The summed E-state index contributed by atoms with van der Waals surface area (Å²) in [7, 11) is 0. The van der Waals surface area contributed by atoms with E-state index in [1.54, 1.807) is 0 Å². The van der Waals surface area contributed by atoms with Crippen molar-refractivity contribution in [3.8, 4) is 11.1 Å². The van der Waals surface area contributed by atoms with Gasteiger partial charge in [0.05, 0.1) is 0 Å². The van der Waals surface area contributed by atoms with Crippen molar-refractivity contribution in [1.82, 2.24) is 0 Å². The summed E-state index contributed by atoms with van der Waals surface area (Å²) >= 11 is 6.75. The smallest absolute Gasteiger partial charge is 0.346 e. The summed E-state index contributed by atoms with van der Waals surface area (Å²) in [6, 6.07) is 6.37. The van der Waals surface area contributed by atoms with Crippen molar-refractivity contribution in [1.29, 1.82) is 0 Å². The molecule has 0 aliphatic carbocycles. The zero-order chi connectivity index (χ0) is 16.0. The molecule has 0 atom stereocenters. The molecule has 2 nitrogen and oxygen atoms in total. The molecule has 0 saturated carbocycles. The zero-order valence-electron chi connectivity index (χ0n) is 10.7. The Morgan fingerprint density at radius 1 is 1.09 bits per heavy atom. The number of carboxylic acids is 1. The average Bonchev–Trinajstić information content (AvgIpc) is 2.83. The van der Waals surface area contributed by atoms with E-state index in [1.165, 1.54) is 18.2 Å². The normalized spacial score (nSPS) is 11.1. The van der Waals surface area contributed by atoms with Crippen molar-refractivity contribution in [2.45, 2.75) is 0 Å². The number of rotatable bonds is 2. The Hall–Kier alpha value is -2.05. The van der Waals surface area contributed by atoms with Crippen LogP contribution in [0.1, 0.15) is 9.67 Å². The molecule has 7 heteroatoms. The molecule has 0 aliphatic rings. The minimum Gasteiger partial charge on any atom is -0.477 e. The molecule has 0 saturated heterocycles. The van der Waals surface area contributed by atoms with Crippen LogP contribution in [0.15, 0.2) is 30.3 Å². The lowest BCUT2D eigenvalue weighted by Crippen LogP contribution is -1.99. The third-order valence-corrected chi connectivity index (χ3v) is 4.53. The van der Waals surface area contributed by atoms with Crippen LogP contribution < -0.4 is 0 Å². The Labute approximate surface area is 131 Å². The monoisotopic (exact) mass is 342 g/mol. The van der Waals surface area contributed by atoms with E-state index >= 15 is 0 Å². The van der Waals surface area contributed by atoms with Gasteiger partial charge in [-0.15, -0.1) is 11.3 Å². The molecule has 0 radical (unpaired) electrons. The maximum Gasteiger partial charge on any atom is 0.346 e. The molecule has 2 aromatic carbocycles. The fraction of sp³-hybridized carbons (Fsp3) is 0. The first-order chi connectivity index (χ1) is 10.4. The molecule has 112 valence electrons. The molecule has 3 aromatic rings. The van der Waals surface area contributed by atoms with Crippen molar-refractivity contribution in [3.63, 3.8) is 0 Å². The van der Waals surface area contributed by atoms with Crippen molar-refractivity contribution in [2.24, 2.45) is 0 Å². The number of fused-ring (bicyclic) bond motifs is 1. The van der Waals surface area contributed by atoms with Crippen LogP contribution in [0.4, 0.5) is 13.2 Å². The number of thiophene rings is 1. The highest BCUT2D eigenvalue weighted by molar-refractivity contribution is 7.21. The number of carbonyl (C=O) groups is 1. The number of carboxylic acid groups (broad SMARTS) is 1. The van der Waals surface area contributed by atoms with Gasteiger partial charge in [0.2, 0.25) is 0 Å². The van der Waals surface area contributed by atoms with Crippen LogP contribution in [0.3, 0.4) is 0 Å². The second kappa shape index (κ2) is 5.30. The molecule has 22 heavy (non-hydrogen) atoms. The lowest BCUT2D eigenvalue weighted by molar-refractivity contribution is 0.0703. The number of benzene rings is 2. The van der Waals surface area contributed by atoms with Crippen LogP contribution in [0, 0.1) is 17.5 Å². The molecule has 1 N–H and O–H groups in total. The first-order valence-electron chi connectivity index (χ1n) is 5.99. The van der Waals surface area contributed by atoms with Crippen LogP contribution in [0.5, 0.6) is 0 Å². The Kier molecular flexibility index (Phi) is 3.58. The molecule has 0 unspecified atom stereocenters. The molecule has 0 amide bonds. The van der Waals surface area contributed by atoms with Crippen molar-refractivity contribution < 1.29 is 23.1 Å². The molecular weight excluding hydrogens is 337 g/mol. The van der Waals surface area contributed by atoms with Crippen LogP contribution in [0.25, 0.3) is 21.2 Å². The predicted octanol–water partition coefficient (Wildman–Crippen LogP) is 5.34. The van der Waals surface area contributed by atoms with Crippen molar-refractivity contribution in [2.75, 3.05) is 0 Å². The SMILES string of the molecule is O=C(O)c1sc2cc(Cl)ccc2c1-c1ccc(F)c(F)c1F. The highest BCUT2D eigenvalue weighted by Crippen LogP contribution is 2.41. The first kappa shape index (κ1) is 14.9. The molecule has 1 heterocycles. The third-order valence-electron chi connectivity index (χ3n) is 3.15. The van der Waals surface area contributed by atoms with Gasteiger partial charge >= 0.3 is 5.97 Å². The molecule has 0 fully saturated rings. The maximum atomic E-state index is 14.0. The number of hydrogen-bond donors (Lipinski definition) is 1. The van der Waals surface area contributed by atoms with Gasteiger partial charge in [0.25, 0.3) is 0 Å². The molecule has 0 spiro atoms. The third kappa shape index (κ3) is 2.24. The van der Waals surface area contributed by atoms with Crippen molar-refractivity contribution >= 4 is 39.0 Å². The lowest BCUT2D eigenvalue weighted by atomic mass is 10.0. The van der Waals surface area contributed by atoms with Gasteiger partial charge in [-0.2, -0.15) is 0 Å². The average molecular weight is 343 g/mol. The highest BCUT2D eigenvalue weighted by Gasteiger charge is 2.24. The number of aromatic carboxylic acids is 1. The van der Waals surface area contributed by atoms with Crippen LogP contribution in [-0.2, 0) is 0 Å². The predicted molar refractivity (Wildman–Crippen MR) is 79.1 cm³/mol. The van der Waals surface area contributed by atoms with Gasteiger partial charge in [-0.3, -0.25) is 0 Å². The van der Waals surface area contributed by atoms with Gasteiger partial charge in [0.15, 0.2) is 17.5 Å². The summed E-state index contributed by atoms with van der Waals surface area (Å²) < 4.78 is 41.1. The van der Waals surface area contributed by atoms with Gasteiger partial charge in [-0.05, 0) is 24.3 Å². The minimum atomic E-state index is -1.64. The zero-order valence-corrected chi connectivity index (χ0v) is 12.2. The fourth-order valence-corrected chi connectivity index (χ4v) is 3.54. The highest BCUT2D eigenvalue weighted by atomic mass is 35.5. The Morgan fingerprint density at radius 2 is 1.82 bits per heavy atom. The second-order valence-corrected chi connectivity index (χ2v) is 5.96. The van der Waals surface area contributed by atoms with E-state index in [0.717, 1.165) is 23.5 Å². The number of halogens is 4. The molecular formula is C15H6ClF3O2S. The van der Waals surface area contributed by atoms with E-state index in [0.29, 0.717) is 15.1 Å². The minimum absolute atomic E-state index is 0.0144. The van der Waals surface area contributed by atoms with Gasteiger partial charge in [0.1, 0.15) is 4.88 Å². The molecule has 0 bridgehead atoms. The molecule has 3 rings (SSSR count). The van der Waals surface area contributed by atoms with Gasteiger partial charge in [0, 0.05) is 26.2 Å². The summed E-state index contributed by atoms with van der Waals surface area (Å²) in [4.78, 5) is 11.2. The molecule has 0 aliphatic heterocycles. The van der Waals surface area contributed by atoms with Crippen LogP contribution in [-0.4, -0.2) is 11.1 Å². The van der Waals surface area contributed by atoms with Gasteiger partial charge in [-0.25, -0.2) is 18.0 Å². The summed E-state index contributed by atoms with van der Waals surface area (Å²) in [5, 5.41) is 10.1. The quantitative estimate of drug-likeness (QED) is 0.638. The largest absolute Gasteiger partial charge is 0.477 e. The van der Waals surface area contributed by atoms with E-state index < -0.39 is 23.4 Å². The summed E-state index contributed by atoms with van der Waals surface area (Å²) in [6.45, 7) is 0. The topological polar surface area (TPSA) is 37.3 Å². The van der Waals surface area contributed by atoms with E-state index in [1.807, 2.05) is 0 Å². The first-order valence-corrected chi connectivity index (χ1v) is 7.19. The fourth-order valence-electron chi connectivity index (χ4n) is 2.21. The second-order valence-electron chi connectivity index (χ2n) is 4.47.